The Balaban J connectivity index is 1.94. The van der Waals surface area contributed by atoms with Crippen molar-refractivity contribution in [3.05, 3.63) is 23.2 Å². The number of piperazine rings is 1. The summed E-state index contributed by atoms with van der Waals surface area (Å²) in [5.41, 5.74) is 0.990. The topological polar surface area (TPSA) is 56.9 Å². The van der Waals surface area contributed by atoms with Crippen LogP contribution in [0.1, 0.15) is 36.8 Å². The molecular formula is C16H26N2O3. The Bertz CT molecular complexity index is 488. The number of nitrogens with zero attached hydrogens (tertiary/aromatic N) is 2. The Kier molecular flexibility index (Phi) is 5.06. The summed E-state index contributed by atoms with van der Waals surface area (Å²) in [7, 11) is 0. The van der Waals surface area contributed by atoms with Crippen LogP contribution in [0.4, 0.5) is 0 Å². The maximum Gasteiger partial charge on any atom is 0.230 e. The Morgan fingerprint density at radius 2 is 1.90 bits per heavy atom. The third-order valence-electron chi connectivity index (χ3n) is 4.12. The maximum absolute atomic E-state index is 12.6. The molecule has 0 radical (unpaired) electrons. The van der Waals surface area contributed by atoms with Crippen molar-refractivity contribution in [1.29, 1.82) is 0 Å². The number of hydrogen-bond donors (Lipinski definition) is 1. The lowest BCUT2D eigenvalue weighted by molar-refractivity contribution is -0.134. The van der Waals surface area contributed by atoms with E-state index in [2.05, 4.69) is 4.90 Å². The van der Waals surface area contributed by atoms with Gasteiger partial charge in [-0.05, 0) is 33.8 Å². The standard InChI is InChI=1S/C16H26N2O3/c1-11(19)10-17-5-7-18(8-6-17)16(20)13(3)15-9-12(2)21-14(15)4/h9,11,13,19H,5-8,10H2,1-4H3/t11-,13+/m0/s1. The van der Waals surface area contributed by atoms with Gasteiger partial charge in [-0.15, -0.1) is 0 Å². The first kappa shape index (κ1) is 16.0. The van der Waals surface area contributed by atoms with Gasteiger partial charge in [0, 0.05) is 38.3 Å². The first-order valence-corrected chi connectivity index (χ1v) is 7.64. The molecule has 2 atom stereocenters. The number of carbonyl (C=O) groups is 1. The Labute approximate surface area is 126 Å². The van der Waals surface area contributed by atoms with Crippen LogP contribution in [0.5, 0.6) is 0 Å². The summed E-state index contributed by atoms with van der Waals surface area (Å²) in [4.78, 5) is 16.7. The number of aliphatic hydroxyl groups is 1. The fourth-order valence-electron chi connectivity index (χ4n) is 3.01. The molecule has 0 aromatic carbocycles. The van der Waals surface area contributed by atoms with Gasteiger partial charge in [0.25, 0.3) is 0 Å². The van der Waals surface area contributed by atoms with Crippen molar-refractivity contribution in [3.8, 4) is 0 Å². The second-order valence-electron chi connectivity index (χ2n) is 6.07. The van der Waals surface area contributed by atoms with Gasteiger partial charge in [-0.1, -0.05) is 0 Å². The number of hydrogen-bond acceptors (Lipinski definition) is 4. The molecule has 0 unspecified atom stereocenters. The Hall–Kier alpha value is -1.33. The van der Waals surface area contributed by atoms with Crippen molar-refractivity contribution in [2.75, 3.05) is 32.7 Å². The van der Waals surface area contributed by atoms with Crippen LogP contribution >= 0.6 is 0 Å². The van der Waals surface area contributed by atoms with Crippen molar-refractivity contribution in [1.82, 2.24) is 9.80 Å². The highest BCUT2D eigenvalue weighted by Gasteiger charge is 2.27. The van der Waals surface area contributed by atoms with Crippen LogP contribution in [-0.4, -0.2) is 59.6 Å². The van der Waals surface area contributed by atoms with Crippen LogP contribution in [0.2, 0.25) is 0 Å². The average Bonchev–Trinajstić information content (AvgIpc) is 2.76. The molecule has 5 heteroatoms. The molecule has 5 nitrogen and oxygen atoms in total. The number of rotatable bonds is 4. The highest BCUT2D eigenvalue weighted by atomic mass is 16.3. The van der Waals surface area contributed by atoms with Gasteiger partial charge >= 0.3 is 0 Å². The Morgan fingerprint density at radius 3 is 2.38 bits per heavy atom. The molecule has 1 amide bonds. The van der Waals surface area contributed by atoms with E-state index in [4.69, 9.17) is 4.42 Å². The zero-order valence-corrected chi connectivity index (χ0v) is 13.4. The zero-order valence-electron chi connectivity index (χ0n) is 13.4. The molecule has 0 spiro atoms. The van der Waals surface area contributed by atoms with Gasteiger partial charge in [-0.2, -0.15) is 0 Å². The number of β-amino-alcohol motifs (C(OH)–C–C–N with tert-alkyl or cyclic N) is 1. The molecule has 1 aliphatic heterocycles. The van der Waals surface area contributed by atoms with E-state index >= 15 is 0 Å². The smallest absolute Gasteiger partial charge is 0.230 e. The highest BCUT2D eigenvalue weighted by Crippen LogP contribution is 2.25. The summed E-state index contributed by atoms with van der Waals surface area (Å²) in [6.45, 7) is 11.3. The fourth-order valence-corrected chi connectivity index (χ4v) is 3.01. The molecule has 0 saturated carbocycles. The third kappa shape index (κ3) is 3.86. The Morgan fingerprint density at radius 1 is 1.29 bits per heavy atom. The van der Waals surface area contributed by atoms with Crippen LogP contribution < -0.4 is 0 Å². The quantitative estimate of drug-likeness (QED) is 0.915. The molecule has 1 aromatic rings. The third-order valence-corrected chi connectivity index (χ3v) is 4.12. The van der Waals surface area contributed by atoms with Gasteiger partial charge in [0.05, 0.1) is 12.0 Å². The maximum atomic E-state index is 12.6. The molecule has 2 rings (SSSR count). The average molecular weight is 294 g/mol. The van der Waals surface area contributed by atoms with E-state index in [9.17, 15) is 9.90 Å². The van der Waals surface area contributed by atoms with E-state index in [0.29, 0.717) is 6.54 Å². The minimum absolute atomic E-state index is 0.161. The second-order valence-corrected chi connectivity index (χ2v) is 6.07. The van der Waals surface area contributed by atoms with Crippen LogP contribution in [0.15, 0.2) is 10.5 Å². The summed E-state index contributed by atoms with van der Waals surface area (Å²) < 4.78 is 5.53. The number of aryl methyl sites for hydroxylation is 2. The lowest BCUT2D eigenvalue weighted by atomic mass is 9.99. The largest absolute Gasteiger partial charge is 0.466 e. The summed E-state index contributed by atoms with van der Waals surface area (Å²) in [5, 5.41) is 9.42. The molecule has 1 aliphatic rings. The molecule has 21 heavy (non-hydrogen) atoms. The molecule has 1 saturated heterocycles. The van der Waals surface area contributed by atoms with Crippen molar-refractivity contribution in [2.24, 2.45) is 0 Å². The summed E-state index contributed by atoms with van der Waals surface area (Å²) in [5.74, 6) is 1.69. The molecular weight excluding hydrogens is 268 g/mol. The second kappa shape index (κ2) is 6.62. The first-order valence-electron chi connectivity index (χ1n) is 7.64. The van der Waals surface area contributed by atoms with Gasteiger partial charge in [-0.3, -0.25) is 9.69 Å². The first-order chi connectivity index (χ1) is 9.88. The van der Waals surface area contributed by atoms with Crippen molar-refractivity contribution in [3.63, 3.8) is 0 Å². The lowest BCUT2D eigenvalue weighted by Crippen LogP contribution is -2.51. The van der Waals surface area contributed by atoms with Gasteiger partial charge in [0.15, 0.2) is 0 Å². The fraction of sp³-hybridized carbons (Fsp3) is 0.688. The minimum atomic E-state index is -0.317. The van der Waals surface area contributed by atoms with Crippen molar-refractivity contribution >= 4 is 5.91 Å². The zero-order chi connectivity index (χ0) is 15.6. The molecule has 1 aromatic heterocycles. The number of amides is 1. The molecule has 0 bridgehead atoms. The molecule has 1 N–H and O–H groups in total. The van der Waals surface area contributed by atoms with Crippen LogP contribution in [0.3, 0.4) is 0 Å². The number of carbonyl (C=O) groups excluding carboxylic acids is 1. The molecule has 118 valence electrons. The van der Waals surface area contributed by atoms with E-state index in [0.717, 1.165) is 43.3 Å². The van der Waals surface area contributed by atoms with E-state index < -0.39 is 0 Å². The van der Waals surface area contributed by atoms with Crippen molar-refractivity contribution in [2.45, 2.75) is 39.7 Å². The molecule has 1 fully saturated rings. The lowest BCUT2D eigenvalue weighted by Gasteiger charge is -2.36. The summed E-state index contributed by atoms with van der Waals surface area (Å²) >= 11 is 0. The highest BCUT2D eigenvalue weighted by molar-refractivity contribution is 5.83. The van der Waals surface area contributed by atoms with E-state index in [-0.39, 0.29) is 17.9 Å². The van der Waals surface area contributed by atoms with Gasteiger partial charge in [0.2, 0.25) is 5.91 Å². The SMILES string of the molecule is Cc1cc([C@@H](C)C(=O)N2CCN(C[C@H](C)O)CC2)c(C)o1. The van der Waals surface area contributed by atoms with Crippen LogP contribution in [-0.2, 0) is 4.79 Å². The summed E-state index contributed by atoms with van der Waals surface area (Å²) in [6.07, 6.45) is -0.317. The monoisotopic (exact) mass is 294 g/mol. The molecule has 0 aliphatic carbocycles. The van der Waals surface area contributed by atoms with Gasteiger partial charge < -0.3 is 14.4 Å². The predicted molar refractivity (Wildman–Crippen MR) is 81.3 cm³/mol. The van der Waals surface area contributed by atoms with E-state index in [1.54, 1.807) is 6.92 Å². The number of furan rings is 1. The van der Waals surface area contributed by atoms with E-state index in [1.165, 1.54) is 0 Å². The van der Waals surface area contributed by atoms with E-state index in [1.807, 2.05) is 31.7 Å². The van der Waals surface area contributed by atoms with Gasteiger partial charge in [-0.25, -0.2) is 0 Å². The summed E-state index contributed by atoms with van der Waals surface area (Å²) in [6, 6.07) is 1.96. The molecule has 2 heterocycles. The predicted octanol–water partition coefficient (Wildman–Crippen LogP) is 1.52. The van der Waals surface area contributed by atoms with Gasteiger partial charge in [0.1, 0.15) is 11.5 Å². The number of aliphatic hydroxyl groups excluding tert-OH is 1. The van der Waals surface area contributed by atoms with Crippen LogP contribution in [0.25, 0.3) is 0 Å². The minimum Gasteiger partial charge on any atom is -0.466 e. The van der Waals surface area contributed by atoms with Crippen LogP contribution in [0, 0.1) is 13.8 Å². The van der Waals surface area contributed by atoms with Crippen molar-refractivity contribution < 1.29 is 14.3 Å². The normalized spacial score (nSPS) is 19.6.